The maximum atomic E-state index is 12.9. The van der Waals surface area contributed by atoms with Gasteiger partial charge in [-0.05, 0) is 42.7 Å². The van der Waals surface area contributed by atoms with Crippen LogP contribution in [0.15, 0.2) is 54.6 Å². The zero-order chi connectivity index (χ0) is 21.1. The molecule has 0 spiro atoms. The van der Waals surface area contributed by atoms with Crippen molar-refractivity contribution in [3.05, 3.63) is 60.2 Å². The summed E-state index contributed by atoms with van der Waals surface area (Å²) in [7, 11) is 3.21. The van der Waals surface area contributed by atoms with Crippen molar-refractivity contribution in [2.24, 2.45) is 0 Å². The summed E-state index contributed by atoms with van der Waals surface area (Å²) in [5.41, 5.74) is 0.998. The second-order valence-electron chi connectivity index (χ2n) is 6.67. The lowest BCUT2D eigenvalue weighted by Gasteiger charge is -2.30. The summed E-state index contributed by atoms with van der Waals surface area (Å²) in [5.74, 6) is 1.30. The molecule has 0 saturated heterocycles. The highest BCUT2D eigenvalue weighted by atomic mass is 16.5. The van der Waals surface area contributed by atoms with E-state index in [0.29, 0.717) is 32.4 Å². The highest BCUT2D eigenvalue weighted by Crippen LogP contribution is 2.18. The van der Waals surface area contributed by atoms with Gasteiger partial charge in [-0.2, -0.15) is 0 Å². The Morgan fingerprint density at radius 2 is 1.69 bits per heavy atom. The lowest BCUT2D eigenvalue weighted by atomic mass is 10.1. The van der Waals surface area contributed by atoms with Gasteiger partial charge < -0.3 is 19.7 Å². The predicted molar refractivity (Wildman–Crippen MR) is 113 cm³/mol. The van der Waals surface area contributed by atoms with E-state index in [9.17, 15) is 9.59 Å². The Balaban J connectivity index is 1.95. The van der Waals surface area contributed by atoms with Crippen molar-refractivity contribution in [2.75, 3.05) is 20.8 Å². The second kappa shape index (κ2) is 11.7. The van der Waals surface area contributed by atoms with E-state index in [1.807, 2.05) is 61.5 Å². The van der Waals surface area contributed by atoms with Gasteiger partial charge in [-0.1, -0.05) is 37.3 Å². The first-order valence-electron chi connectivity index (χ1n) is 9.90. The van der Waals surface area contributed by atoms with Crippen LogP contribution >= 0.6 is 0 Å². The number of likely N-dealkylation sites (N-methyl/N-ethyl adjacent to an activating group) is 1. The van der Waals surface area contributed by atoms with E-state index < -0.39 is 6.04 Å². The molecule has 2 aromatic carbocycles. The first-order valence-corrected chi connectivity index (χ1v) is 9.90. The lowest BCUT2D eigenvalue weighted by Crippen LogP contribution is -2.48. The van der Waals surface area contributed by atoms with Crippen LogP contribution < -0.4 is 14.8 Å². The van der Waals surface area contributed by atoms with Gasteiger partial charge in [0, 0.05) is 20.0 Å². The molecule has 6 nitrogen and oxygen atoms in total. The van der Waals surface area contributed by atoms with E-state index in [1.165, 1.54) is 0 Å². The molecule has 2 rings (SSSR count). The first-order chi connectivity index (χ1) is 14.1. The molecule has 2 amide bonds. The summed E-state index contributed by atoms with van der Waals surface area (Å²) in [4.78, 5) is 26.9. The third-order valence-electron chi connectivity index (χ3n) is 4.69. The van der Waals surface area contributed by atoms with E-state index in [1.54, 1.807) is 19.1 Å². The van der Waals surface area contributed by atoms with Crippen molar-refractivity contribution in [1.29, 1.82) is 0 Å². The van der Waals surface area contributed by atoms with Gasteiger partial charge in [0.2, 0.25) is 11.8 Å². The topological polar surface area (TPSA) is 67.9 Å². The molecule has 0 fully saturated rings. The SMILES string of the molecule is CC[C@H](C(=O)NC)N(Cc1ccccc1)C(=O)CCCOc1ccc(OC)cc1. The number of benzene rings is 2. The molecule has 0 radical (unpaired) electrons. The molecule has 0 bridgehead atoms. The summed E-state index contributed by atoms with van der Waals surface area (Å²) in [6.45, 7) is 2.75. The molecule has 0 aliphatic heterocycles. The van der Waals surface area contributed by atoms with Crippen LogP contribution in [0.5, 0.6) is 11.5 Å². The molecule has 156 valence electrons. The molecule has 1 N–H and O–H groups in total. The number of methoxy groups -OCH3 is 1. The second-order valence-corrected chi connectivity index (χ2v) is 6.67. The van der Waals surface area contributed by atoms with Gasteiger partial charge in [-0.25, -0.2) is 0 Å². The quantitative estimate of drug-likeness (QED) is 0.589. The zero-order valence-electron chi connectivity index (χ0n) is 17.4. The average Bonchev–Trinajstić information content (AvgIpc) is 2.77. The molecule has 1 atom stereocenters. The summed E-state index contributed by atoms with van der Waals surface area (Å²) in [6.07, 6.45) is 1.44. The summed E-state index contributed by atoms with van der Waals surface area (Å²) in [6, 6.07) is 16.6. The molecule has 6 heteroatoms. The van der Waals surface area contributed by atoms with Gasteiger partial charge in [0.1, 0.15) is 17.5 Å². The molecule has 2 aromatic rings. The van der Waals surface area contributed by atoms with Crippen LogP contribution in [0.25, 0.3) is 0 Å². The minimum atomic E-state index is -0.491. The third kappa shape index (κ3) is 6.82. The van der Waals surface area contributed by atoms with E-state index in [0.717, 1.165) is 17.1 Å². The Bertz CT molecular complexity index is 762. The van der Waals surface area contributed by atoms with Gasteiger partial charge in [0.05, 0.1) is 13.7 Å². The minimum absolute atomic E-state index is 0.0531. The largest absolute Gasteiger partial charge is 0.497 e. The van der Waals surface area contributed by atoms with Gasteiger partial charge >= 0.3 is 0 Å². The number of carbonyl (C=O) groups is 2. The van der Waals surface area contributed by atoms with Gasteiger partial charge in [0.25, 0.3) is 0 Å². The van der Waals surface area contributed by atoms with Crippen molar-refractivity contribution >= 4 is 11.8 Å². The number of rotatable bonds is 11. The monoisotopic (exact) mass is 398 g/mol. The van der Waals surface area contributed by atoms with Crippen molar-refractivity contribution in [2.45, 2.75) is 38.8 Å². The van der Waals surface area contributed by atoms with E-state index in [4.69, 9.17) is 9.47 Å². The molecule has 0 unspecified atom stereocenters. The predicted octanol–water partition coefficient (Wildman–Crippen LogP) is 3.41. The Labute approximate surface area is 172 Å². The number of amides is 2. The van der Waals surface area contributed by atoms with Crippen molar-refractivity contribution in [3.8, 4) is 11.5 Å². The third-order valence-corrected chi connectivity index (χ3v) is 4.69. The Morgan fingerprint density at radius 1 is 1.03 bits per heavy atom. The van der Waals surface area contributed by atoms with Crippen LogP contribution in [0, 0.1) is 0 Å². The number of ether oxygens (including phenoxy) is 2. The molecule has 0 aliphatic rings. The molecule has 0 aromatic heterocycles. The van der Waals surface area contributed by atoms with Crippen molar-refractivity contribution < 1.29 is 19.1 Å². The van der Waals surface area contributed by atoms with Crippen LogP contribution in [0.2, 0.25) is 0 Å². The number of hydrogen-bond donors (Lipinski definition) is 1. The fraction of sp³-hybridized carbons (Fsp3) is 0.391. The van der Waals surface area contributed by atoms with E-state index in [2.05, 4.69) is 5.32 Å². The van der Waals surface area contributed by atoms with Gasteiger partial charge in [-0.15, -0.1) is 0 Å². The highest BCUT2D eigenvalue weighted by Gasteiger charge is 2.27. The van der Waals surface area contributed by atoms with Crippen LogP contribution in [0.1, 0.15) is 31.7 Å². The van der Waals surface area contributed by atoms with Crippen molar-refractivity contribution in [1.82, 2.24) is 10.2 Å². The molecule has 0 aliphatic carbocycles. The summed E-state index contributed by atoms with van der Waals surface area (Å²) in [5, 5.41) is 2.67. The van der Waals surface area contributed by atoms with Crippen LogP contribution in [-0.2, 0) is 16.1 Å². The minimum Gasteiger partial charge on any atom is -0.497 e. The normalized spacial score (nSPS) is 11.4. The summed E-state index contributed by atoms with van der Waals surface area (Å²) < 4.78 is 10.8. The zero-order valence-corrected chi connectivity index (χ0v) is 17.4. The number of nitrogens with one attached hydrogen (secondary N) is 1. The summed E-state index contributed by atoms with van der Waals surface area (Å²) >= 11 is 0. The molecular formula is C23H30N2O4. The van der Waals surface area contributed by atoms with Crippen LogP contribution in [0.4, 0.5) is 0 Å². The maximum absolute atomic E-state index is 12.9. The number of nitrogens with zero attached hydrogens (tertiary/aromatic N) is 1. The Kier molecular flexibility index (Phi) is 9.02. The Hall–Kier alpha value is -3.02. The van der Waals surface area contributed by atoms with Gasteiger partial charge in [-0.3, -0.25) is 9.59 Å². The fourth-order valence-electron chi connectivity index (χ4n) is 3.10. The molecule has 29 heavy (non-hydrogen) atoms. The van der Waals surface area contributed by atoms with Crippen molar-refractivity contribution in [3.63, 3.8) is 0 Å². The first kappa shape index (κ1) is 22.3. The number of hydrogen-bond acceptors (Lipinski definition) is 4. The molecule has 0 saturated carbocycles. The van der Waals surface area contributed by atoms with Crippen LogP contribution in [-0.4, -0.2) is 43.5 Å². The average molecular weight is 399 g/mol. The lowest BCUT2D eigenvalue weighted by molar-refractivity contribution is -0.141. The smallest absolute Gasteiger partial charge is 0.242 e. The highest BCUT2D eigenvalue weighted by molar-refractivity contribution is 5.87. The van der Waals surface area contributed by atoms with Crippen LogP contribution in [0.3, 0.4) is 0 Å². The van der Waals surface area contributed by atoms with E-state index >= 15 is 0 Å². The fourth-order valence-corrected chi connectivity index (χ4v) is 3.10. The molecular weight excluding hydrogens is 368 g/mol. The molecule has 0 heterocycles. The van der Waals surface area contributed by atoms with Gasteiger partial charge in [0.15, 0.2) is 0 Å². The van der Waals surface area contributed by atoms with E-state index in [-0.39, 0.29) is 11.8 Å². The Morgan fingerprint density at radius 3 is 2.28 bits per heavy atom. The maximum Gasteiger partial charge on any atom is 0.242 e. The standard InChI is InChI=1S/C23H30N2O4/c1-4-21(23(27)24-2)25(17-18-9-6-5-7-10-18)22(26)11-8-16-29-20-14-12-19(28-3)13-15-20/h5-7,9-10,12-15,21H,4,8,11,16-17H2,1-3H3,(H,24,27)/t21-/m1/s1. The number of carbonyl (C=O) groups excluding carboxylic acids is 2.